The van der Waals surface area contributed by atoms with E-state index in [0.717, 1.165) is 5.92 Å². The van der Waals surface area contributed by atoms with Crippen molar-refractivity contribution in [2.24, 2.45) is 5.92 Å². The second kappa shape index (κ2) is 4.21. The van der Waals surface area contributed by atoms with Crippen molar-refractivity contribution in [3.05, 3.63) is 0 Å². The Bertz CT molecular complexity index is 233. The molecule has 0 spiro atoms. The molecule has 0 atom stereocenters. The summed E-state index contributed by atoms with van der Waals surface area (Å²) in [5.74, 6) is 0.815. The SMILES string of the molecule is C[Si](C)(C)OC(=P[Si](C)(C)C)C1CC1. The smallest absolute Gasteiger partial charge is 0.191 e. The van der Waals surface area contributed by atoms with E-state index < -0.39 is 16.1 Å². The normalized spacial score (nSPS) is 20.0. The first kappa shape index (κ1) is 12.6. The molecule has 1 saturated carbocycles. The summed E-state index contributed by atoms with van der Waals surface area (Å²) in [4.78, 5) is 0. The molecule has 0 aromatic carbocycles. The Balaban J connectivity index is 2.70. The van der Waals surface area contributed by atoms with Crippen molar-refractivity contribution in [2.75, 3.05) is 0 Å². The average molecular weight is 246 g/mol. The van der Waals surface area contributed by atoms with Gasteiger partial charge >= 0.3 is 0 Å². The van der Waals surface area contributed by atoms with E-state index in [9.17, 15) is 0 Å². The van der Waals surface area contributed by atoms with Gasteiger partial charge < -0.3 is 4.43 Å². The predicted molar refractivity (Wildman–Crippen MR) is 72.4 cm³/mol. The number of hydrogen-bond donors (Lipinski definition) is 0. The van der Waals surface area contributed by atoms with Gasteiger partial charge in [-0.1, -0.05) is 27.4 Å². The fourth-order valence-electron chi connectivity index (χ4n) is 1.17. The van der Waals surface area contributed by atoms with Gasteiger partial charge in [0.1, 0.15) is 7.74 Å². The molecule has 1 aliphatic rings. The van der Waals surface area contributed by atoms with Crippen LogP contribution in [0.15, 0.2) is 0 Å². The van der Waals surface area contributed by atoms with Crippen LogP contribution in [0.5, 0.6) is 0 Å². The molecule has 0 aliphatic heterocycles. The fraction of sp³-hybridized carbons (Fsp3) is 0.900. The second-order valence-electron chi connectivity index (χ2n) is 6.11. The maximum Gasteiger partial charge on any atom is 0.191 e. The molecule has 0 amide bonds. The van der Waals surface area contributed by atoms with Crippen LogP contribution < -0.4 is 0 Å². The lowest BCUT2D eigenvalue weighted by atomic mass is 10.5. The van der Waals surface area contributed by atoms with Gasteiger partial charge in [0.25, 0.3) is 0 Å². The third-order valence-corrected chi connectivity index (χ3v) is 6.81. The highest BCUT2D eigenvalue weighted by Gasteiger charge is 2.32. The highest BCUT2D eigenvalue weighted by atomic mass is 31.3. The van der Waals surface area contributed by atoms with Crippen LogP contribution in [0.4, 0.5) is 0 Å². The Morgan fingerprint density at radius 2 is 1.57 bits per heavy atom. The topological polar surface area (TPSA) is 9.23 Å². The van der Waals surface area contributed by atoms with E-state index in [1.807, 2.05) is 0 Å². The second-order valence-corrected chi connectivity index (χ2v) is 20.2. The van der Waals surface area contributed by atoms with Crippen molar-refractivity contribution >= 4 is 29.3 Å². The van der Waals surface area contributed by atoms with Gasteiger partial charge in [0.2, 0.25) is 0 Å². The van der Waals surface area contributed by atoms with E-state index in [4.69, 9.17) is 4.43 Å². The van der Waals surface area contributed by atoms with E-state index in [1.54, 1.807) is 7.75 Å². The Kier molecular flexibility index (Phi) is 3.79. The zero-order chi connectivity index (χ0) is 11.0. The summed E-state index contributed by atoms with van der Waals surface area (Å²) in [6.45, 7) is 14.1. The largest absolute Gasteiger partial charge is 0.385 e. The molecule has 1 nitrogen and oxygen atoms in total. The summed E-state index contributed by atoms with van der Waals surface area (Å²) in [5, 5.41) is 0. The lowest BCUT2D eigenvalue weighted by Gasteiger charge is -2.21. The van der Waals surface area contributed by atoms with E-state index in [0.29, 0.717) is 0 Å². The Labute approximate surface area is 92.0 Å². The van der Waals surface area contributed by atoms with E-state index in [1.165, 1.54) is 18.3 Å². The summed E-state index contributed by atoms with van der Waals surface area (Å²) >= 11 is 0. The summed E-state index contributed by atoms with van der Waals surface area (Å²) in [7, 11) is -0.833. The van der Waals surface area contributed by atoms with Gasteiger partial charge in [-0.25, -0.2) is 0 Å². The summed E-state index contributed by atoms with van der Waals surface area (Å²) in [6.07, 6.45) is 2.74. The summed E-state index contributed by atoms with van der Waals surface area (Å²) in [5.41, 5.74) is 1.43. The maximum absolute atomic E-state index is 6.22. The molecule has 82 valence electrons. The van der Waals surface area contributed by atoms with Gasteiger partial charge in [-0.05, 0) is 32.5 Å². The Hall–Kier alpha value is 0.564. The van der Waals surface area contributed by atoms with Crippen LogP contribution in [-0.2, 0) is 4.43 Å². The average Bonchev–Trinajstić information content (AvgIpc) is 2.57. The standard InChI is InChI=1S/C10H23OPSi2/c1-13(2,3)11-10(9-7-8-9)12-14(4,5)6/h9H,7-8H2,1-6H3. The molecule has 0 radical (unpaired) electrons. The van der Waals surface area contributed by atoms with E-state index in [-0.39, 0.29) is 0 Å². The first-order valence-electron chi connectivity index (χ1n) is 5.46. The zero-order valence-electron chi connectivity index (χ0n) is 10.3. The van der Waals surface area contributed by atoms with Crippen LogP contribution in [-0.4, -0.2) is 21.5 Å². The monoisotopic (exact) mass is 246 g/mol. The summed E-state index contributed by atoms with van der Waals surface area (Å²) in [6, 6.07) is 0. The molecule has 14 heavy (non-hydrogen) atoms. The minimum absolute atomic E-state index is 0.815. The third-order valence-electron chi connectivity index (χ3n) is 1.78. The highest BCUT2D eigenvalue weighted by Crippen LogP contribution is 2.37. The molecule has 0 aromatic rings. The molecule has 1 aliphatic carbocycles. The lowest BCUT2D eigenvalue weighted by molar-refractivity contribution is 0.543. The fourth-order valence-corrected chi connectivity index (χ4v) is 7.01. The van der Waals surface area contributed by atoms with Crippen LogP contribution in [0.1, 0.15) is 12.8 Å². The first-order chi connectivity index (χ1) is 6.17. The molecule has 0 N–H and O–H groups in total. The summed E-state index contributed by atoms with van der Waals surface area (Å²) < 4.78 is 6.22. The van der Waals surface area contributed by atoms with E-state index >= 15 is 0 Å². The number of hydrogen-bond acceptors (Lipinski definition) is 1. The van der Waals surface area contributed by atoms with Crippen molar-refractivity contribution in [1.82, 2.24) is 0 Å². The van der Waals surface area contributed by atoms with E-state index in [2.05, 4.69) is 39.3 Å². The van der Waals surface area contributed by atoms with Crippen molar-refractivity contribution in [3.63, 3.8) is 0 Å². The molecule has 0 unspecified atom stereocenters. The third kappa shape index (κ3) is 5.45. The van der Waals surface area contributed by atoms with Gasteiger partial charge in [-0.3, -0.25) is 0 Å². The first-order valence-corrected chi connectivity index (χ1v) is 14.1. The van der Waals surface area contributed by atoms with Crippen LogP contribution >= 0.6 is 7.75 Å². The quantitative estimate of drug-likeness (QED) is 0.534. The molecule has 1 rings (SSSR count). The molecule has 0 aromatic heterocycles. The highest BCUT2D eigenvalue weighted by molar-refractivity contribution is 7.81. The zero-order valence-corrected chi connectivity index (χ0v) is 13.2. The van der Waals surface area contributed by atoms with Crippen LogP contribution in [0.25, 0.3) is 0 Å². The van der Waals surface area contributed by atoms with Crippen LogP contribution in [0.2, 0.25) is 39.3 Å². The van der Waals surface area contributed by atoms with Crippen molar-refractivity contribution in [1.29, 1.82) is 0 Å². The minimum atomic E-state index is -1.36. The minimum Gasteiger partial charge on any atom is -0.385 e. The molecule has 4 heteroatoms. The van der Waals surface area contributed by atoms with Gasteiger partial charge in [-0.15, -0.1) is 0 Å². The molecular formula is C10H23OPSi2. The van der Waals surface area contributed by atoms with Gasteiger partial charge in [0.15, 0.2) is 8.32 Å². The van der Waals surface area contributed by atoms with Crippen molar-refractivity contribution in [2.45, 2.75) is 52.1 Å². The Morgan fingerprint density at radius 3 is 1.86 bits per heavy atom. The van der Waals surface area contributed by atoms with Crippen LogP contribution in [0.3, 0.4) is 0 Å². The maximum atomic E-state index is 6.22. The Morgan fingerprint density at radius 1 is 1.07 bits per heavy atom. The molecule has 0 saturated heterocycles. The van der Waals surface area contributed by atoms with Crippen molar-refractivity contribution in [3.8, 4) is 0 Å². The lowest BCUT2D eigenvalue weighted by Crippen LogP contribution is -2.30. The predicted octanol–water partition coefficient (Wildman–Crippen LogP) is 4.16. The molecule has 0 bridgehead atoms. The molecular weight excluding hydrogens is 223 g/mol. The van der Waals surface area contributed by atoms with Crippen LogP contribution in [0, 0.1) is 5.92 Å². The molecule has 1 fully saturated rings. The van der Waals surface area contributed by atoms with Gasteiger partial charge in [0, 0.05) is 5.92 Å². The van der Waals surface area contributed by atoms with Gasteiger partial charge in [0.05, 0.1) is 5.48 Å². The van der Waals surface area contributed by atoms with Crippen molar-refractivity contribution < 1.29 is 4.43 Å². The van der Waals surface area contributed by atoms with Gasteiger partial charge in [-0.2, -0.15) is 0 Å². The number of rotatable bonds is 4. The molecule has 0 heterocycles.